The normalized spacial score (nSPS) is 12.7. The molecule has 1 aliphatic rings. The predicted octanol–water partition coefficient (Wildman–Crippen LogP) is 3.45. The molecule has 0 saturated heterocycles. The van der Waals surface area contributed by atoms with E-state index in [4.69, 9.17) is 18.9 Å². The number of benzene rings is 3. The van der Waals surface area contributed by atoms with E-state index in [9.17, 15) is 9.90 Å². The number of fused-ring (bicyclic) bond motifs is 1. The number of carbonyl (C=O) groups is 1. The maximum absolute atomic E-state index is 12.9. The van der Waals surface area contributed by atoms with Crippen molar-refractivity contribution in [3.63, 3.8) is 0 Å². The fourth-order valence-electron chi connectivity index (χ4n) is 3.74. The van der Waals surface area contributed by atoms with Crippen LogP contribution < -0.4 is 24.3 Å². The van der Waals surface area contributed by atoms with Gasteiger partial charge >= 0.3 is 0 Å². The van der Waals surface area contributed by atoms with Gasteiger partial charge in [0.2, 0.25) is 6.79 Å². The first-order chi connectivity index (χ1) is 17.6. The Hall–Kier alpha value is -4.50. The van der Waals surface area contributed by atoms with Crippen LogP contribution in [-0.2, 0) is 0 Å². The van der Waals surface area contributed by atoms with Crippen molar-refractivity contribution in [1.82, 2.24) is 15.1 Å². The molecule has 1 atom stereocenters. The molecule has 0 radical (unpaired) electrons. The quantitative estimate of drug-likeness (QED) is 0.373. The first kappa shape index (κ1) is 23.3. The highest BCUT2D eigenvalue weighted by molar-refractivity contribution is 5.93. The van der Waals surface area contributed by atoms with E-state index in [-0.39, 0.29) is 25.6 Å². The van der Waals surface area contributed by atoms with Crippen LogP contribution in [-0.4, -0.2) is 54.0 Å². The summed E-state index contributed by atoms with van der Waals surface area (Å²) in [6.07, 6.45) is -0.920. The molecule has 1 unspecified atom stereocenters. The van der Waals surface area contributed by atoms with Crippen molar-refractivity contribution in [3.8, 4) is 39.9 Å². The molecule has 0 bridgehead atoms. The summed E-state index contributed by atoms with van der Waals surface area (Å²) in [5.74, 6) is 2.12. The van der Waals surface area contributed by atoms with E-state index in [1.54, 1.807) is 36.1 Å². The van der Waals surface area contributed by atoms with Crippen LogP contribution >= 0.6 is 0 Å². The van der Waals surface area contributed by atoms with Gasteiger partial charge in [-0.05, 0) is 54.6 Å². The summed E-state index contributed by atoms with van der Waals surface area (Å²) in [7, 11) is 1.61. The molecule has 5 rings (SSSR count). The summed E-state index contributed by atoms with van der Waals surface area (Å²) in [6.45, 7) is 0.169. The maximum atomic E-state index is 12.9. The molecule has 3 aromatic carbocycles. The number of rotatable bonds is 9. The minimum absolute atomic E-state index is 0.000544. The van der Waals surface area contributed by atoms with E-state index >= 15 is 0 Å². The van der Waals surface area contributed by atoms with Crippen molar-refractivity contribution in [1.29, 1.82) is 0 Å². The molecule has 0 aliphatic carbocycles. The SMILES string of the molecule is COc1ccc(-c2cc(C(=O)NCC(O)COc3ccc4c(c3)OCO4)nn2-c2ccccc2)cc1. The second kappa shape index (κ2) is 10.4. The monoisotopic (exact) mass is 487 g/mol. The number of aliphatic hydroxyl groups excluding tert-OH is 1. The van der Waals surface area contributed by atoms with E-state index in [1.165, 1.54) is 0 Å². The van der Waals surface area contributed by atoms with Crippen LogP contribution in [0.15, 0.2) is 78.9 Å². The highest BCUT2D eigenvalue weighted by Crippen LogP contribution is 2.35. The van der Waals surface area contributed by atoms with E-state index in [0.29, 0.717) is 17.2 Å². The second-order valence-corrected chi connectivity index (χ2v) is 8.08. The standard InChI is InChI=1S/C27H25N3O6/c1-33-21-9-7-18(8-10-21)24-14-23(29-30(24)19-5-3-2-4-6-19)27(32)28-15-20(31)16-34-22-11-12-25-26(13-22)36-17-35-25/h2-14,20,31H,15-17H2,1H3,(H,28,32). The summed E-state index contributed by atoms with van der Waals surface area (Å²) in [6, 6.07) is 24.0. The Bertz CT molecular complexity index is 1340. The summed E-state index contributed by atoms with van der Waals surface area (Å²) >= 11 is 0. The predicted molar refractivity (Wildman–Crippen MR) is 132 cm³/mol. The number of nitrogens with zero attached hydrogens (tertiary/aromatic N) is 2. The minimum atomic E-state index is -0.920. The molecule has 2 N–H and O–H groups in total. The van der Waals surface area contributed by atoms with Crippen molar-refractivity contribution in [3.05, 3.63) is 84.6 Å². The fourth-order valence-corrected chi connectivity index (χ4v) is 3.74. The van der Waals surface area contributed by atoms with Crippen molar-refractivity contribution >= 4 is 5.91 Å². The van der Waals surface area contributed by atoms with E-state index in [1.807, 2.05) is 54.6 Å². The summed E-state index contributed by atoms with van der Waals surface area (Å²) < 4.78 is 23.2. The zero-order chi connectivity index (χ0) is 24.9. The Morgan fingerprint density at radius 3 is 2.56 bits per heavy atom. The molecule has 2 heterocycles. The van der Waals surface area contributed by atoms with Gasteiger partial charge < -0.3 is 29.4 Å². The first-order valence-corrected chi connectivity index (χ1v) is 11.4. The van der Waals surface area contributed by atoms with Gasteiger partial charge in [-0.3, -0.25) is 4.79 Å². The van der Waals surface area contributed by atoms with Gasteiger partial charge in [-0.15, -0.1) is 0 Å². The van der Waals surface area contributed by atoms with Gasteiger partial charge in [0.05, 0.1) is 18.5 Å². The molecule has 0 spiro atoms. The number of ether oxygens (including phenoxy) is 4. The molecule has 0 fully saturated rings. The Morgan fingerprint density at radius 2 is 1.78 bits per heavy atom. The van der Waals surface area contributed by atoms with Gasteiger partial charge in [0.1, 0.15) is 24.2 Å². The Kier molecular flexibility index (Phi) is 6.72. The fraction of sp³-hybridized carbons (Fsp3) is 0.185. The van der Waals surface area contributed by atoms with Gasteiger partial charge in [0, 0.05) is 18.2 Å². The number of carbonyl (C=O) groups excluding carboxylic acids is 1. The highest BCUT2D eigenvalue weighted by atomic mass is 16.7. The van der Waals surface area contributed by atoms with Gasteiger partial charge in [-0.25, -0.2) is 4.68 Å². The lowest BCUT2D eigenvalue weighted by Crippen LogP contribution is -2.35. The van der Waals surface area contributed by atoms with Crippen molar-refractivity contribution in [2.45, 2.75) is 6.10 Å². The lowest BCUT2D eigenvalue weighted by molar-refractivity contribution is 0.0839. The van der Waals surface area contributed by atoms with Gasteiger partial charge in [-0.1, -0.05) is 18.2 Å². The molecule has 9 heteroatoms. The summed E-state index contributed by atoms with van der Waals surface area (Å²) in [5.41, 5.74) is 2.68. The van der Waals surface area contributed by atoms with Gasteiger partial charge in [-0.2, -0.15) is 5.10 Å². The van der Waals surface area contributed by atoms with Crippen LogP contribution in [0.5, 0.6) is 23.0 Å². The van der Waals surface area contributed by atoms with E-state index in [2.05, 4.69) is 10.4 Å². The molecule has 0 saturated carbocycles. The van der Waals surface area contributed by atoms with E-state index in [0.717, 1.165) is 22.7 Å². The molecule has 1 amide bonds. The third-order valence-corrected chi connectivity index (χ3v) is 5.61. The number of hydrogen-bond acceptors (Lipinski definition) is 7. The molecule has 36 heavy (non-hydrogen) atoms. The molecule has 1 aliphatic heterocycles. The highest BCUT2D eigenvalue weighted by Gasteiger charge is 2.19. The molecule has 184 valence electrons. The Labute approximate surface area is 207 Å². The van der Waals surface area contributed by atoms with Crippen LogP contribution in [0.2, 0.25) is 0 Å². The lowest BCUT2D eigenvalue weighted by Gasteiger charge is -2.13. The lowest BCUT2D eigenvalue weighted by atomic mass is 10.1. The Balaban J connectivity index is 1.26. The van der Waals surface area contributed by atoms with E-state index < -0.39 is 12.0 Å². The largest absolute Gasteiger partial charge is 0.497 e. The van der Waals surface area contributed by atoms with Crippen LogP contribution in [0, 0.1) is 0 Å². The zero-order valence-corrected chi connectivity index (χ0v) is 19.6. The molecular formula is C27H25N3O6. The summed E-state index contributed by atoms with van der Waals surface area (Å²) in [4.78, 5) is 12.9. The topological polar surface area (TPSA) is 104 Å². The van der Waals surface area contributed by atoms with Crippen molar-refractivity contribution in [2.75, 3.05) is 27.1 Å². The third-order valence-electron chi connectivity index (χ3n) is 5.61. The number of nitrogens with one attached hydrogen (secondary N) is 1. The average Bonchev–Trinajstić information content (AvgIpc) is 3.58. The van der Waals surface area contributed by atoms with Gasteiger partial charge in [0.25, 0.3) is 5.91 Å². The number of para-hydroxylation sites is 1. The molecular weight excluding hydrogens is 462 g/mol. The van der Waals surface area contributed by atoms with Crippen LogP contribution in [0.25, 0.3) is 16.9 Å². The van der Waals surface area contributed by atoms with Crippen LogP contribution in [0.3, 0.4) is 0 Å². The summed E-state index contributed by atoms with van der Waals surface area (Å²) in [5, 5.41) is 17.6. The number of aliphatic hydroxyl groups is 1. The third kappa shape index (κ3) is 5.11. The average molecular weight is 488 g/mol. The number of amides is 1. The first-order valence-electron chi connectivity index (χ1n) is 11.4. The van der Waals surface area contributed by atoms with Crippen molar-refractivity contribution in [2.24, 2.45) is 0 Å². The second-order valence-electron chi connectivity index (χ2n) is 8.08. The number of aromatic nitrogens is 2. The maximum Gasteiger partial charge on any atom is 0.271 e. The minimum Gasteiger partial charge on any atom is -0.497 e. The Morgan fingerprint density at radius 1 is 1.03 bits per heavy atom. The molecule has 1 aromatic heterocycles. The van der Waals surface area contributed by atoms with Gasteiger partial charge in [0.15, 0.2) is 17.2 Å². The molecule has 4 aromatic rings. The van der Waals surface area contributed by atoms with Crippen molar-refractivity contribution < 1.29 is 28.8 Å². The van der Waals surface area contributed by atoms with Crippen LogP contribution in [0.1, 0.15) is 10.5 Å². The molecule has 9 nitrogen and oxygen atoms in total. The smallest absolute Gasteiger partial charge is 0.271 e. The number of methoxy groups -OCH3 is 1. The van der Waals surface area contributed by atoms with Crippen LogP contribution in [0.4, 0.5) is 0 Å². The zero-order valence-electron chi connectivity index (χ0n) is 19.6. The number of hydrogen-bond donors (Lipinski definition) is 2.